The number of anilines is 2. The molecule has 1 N–H and O–H groups in total. The van der Waals surface area contributed by atoms with Gasteiger partial charge in [0.2, 0.25) is 0 Å². The van der Waals surface area contributed by atoms with E-state index in [1.165, 1.54) is 66.5 Å². The molecule has 2 aromatic carbocycles. The maximum absolute atomic E-state index is 5.75. The van der Waals surface area contributed by atoms with Crippen molar-refractivity contribution in [3.8, 4) is 0 Å². The number of benzene rings is 2. The summed E-state index contributed by atoms with van der Waals surface area (Å²) in [6.07, 6.45) is 6.28. The maximum atomic E-state index is 5.75. The molecule has 2 aliphatic rings. The lowest BCUT2D eigenvalue weighted by molar-refractivity contribution is 0.335. The summed E-state index contributed by atoms with van der Waals surface area (Å²) in [5.41, 5.74) is 3.75. The predicted octanol–water partition coefficient (Wildman–Crippen LogP) is 6.48. The molecule has 166 valence electrons. The second-order valence-electron chi connectivity index (χ2n) is 8.86. The van der Waals surface area contributed by atoms with Crippen LogP contribution < -0.4 is 10.2 Å². The largest absolute Gasteiger partial charge is 0.376 e. The van der Waals surface area contributed by atoms with Crippen molar-refractivity contribution in [1.82, 2.24) is 10.2 Å². The lowest BCUT2D eigenvalue weighted by Gasteiger charge is -2.33. The van der Waals surface area contributed by atoms with Gasteiger partial charge in [0, 0.05) is 28.4 Å². The number of thiocarbonyl (C=S) groups is 1. The number of fused-ring (bicyclic) bond motifs is 2. The smallest absolute Gasteiger partial charge is 0.106 e. The Labute approximate surface area is 197 Å². The molecule has 4 rings (SSSR count). The van der Waals surface area contributed by atoms with Crippen molar-refractivity contribution >= 4 is 40.3 Å². The summed E-state index contributed by atoms with van der Waals surface area (Å²) in [6.45, 7) is 10.3. The van der Waals surface area contributed by atoms with E-state index >= 15 is 0 Å². The van der Waals surface area contributed by atoms with Crippen LogP contribution >= 0.6 is 24.0 Å². The van der Waals surface area contributed by atoms with Crippen molar-refractivity contribution in [2.45, 2.75) is 55.7 Å². The molecule has 0 spiro atoms. The van der Waals surface area contributed by atoms with E-state index in [2.05, 4.69) is 71.4 Å². The van der Waals surface area contributed by atoms with Crippen LogP contribution in [0.3, 0.4) is 0 Å². The number of hydrogen-bond acceptors (Lipinski definition) is 4. The Hall–Kier alpha value is -1.56. The van der Waals surface area contributed by atoms with E-state index in [4.69, 9.17) is 12.2 Å². The summed E-state index contributed by atoms with van der Waals surface area (Å²) < 4.78 is 0. The van der Waals surface area contributed by atoms with Crippen molar-refractivity contribution in [1.29, 1.82) is 0 Å². The highest BCUT2D eigenvalue weighted by molar-refractivity contribution is 7.99. The molecule has 2 aliphatic heterocycles. The minimum atomic E-state index is 0.734. The topological polar surface area (TPSA) is 18.5 Å². The van der Waals surface area contributed by atoms with Crippen LogP contribution in [0.15, 0.2) is 52.3 Å². The molecule has 0 unspecified atom stereocenters. The molecule has 1 fully saturated rings. The number of hydrogen-bond donors (Lipinski definition) is 1. The van der Waals surface area contributed by atoms with Gasteiger partial charge < -0.3 is 15.1 Å². The number of likely N-dealkylation sites (tertiary alicyclic amines) is 1. The number of nitrogens with zero attached hydrogens (tertiary/aromatic N) is 2. The predicted molar refractivity (Wildman–Crippen MR) is 138 cm³/mol. The van der Waals surface area contributed by atoms with E-state index in [0.717, 1.165) is 36.0 Å². The van der Waals surface area contributed by atoms with Gasteiger partial charge in [-0.2, -0.15) is 0 Å². The fourth-order valence-corrected chi connectivity index (χ4v) is 5.71. The summed E-state index contributed by atoms with van der Waals surface area (Å²) in [5.74, 6) is 0.734. The van der Waals surface area contributed by atoms with Crippen molar-refractivity contribution < 1.29 is 0 Å². The van der Waals surface area contributed by atoms with E-state index in [0.29, 0.717) is 0 Å². The van der Waals surface area contributed by atoms with E-state index in [1.54, 1.807) is 0 Å². The van der Waals surface area contributed by atoms with Gasteiger partial charge in [-0.1, -0.05) is 62.4 Å². The third kappa shape index (κ3) is 5.63. The summed E-state index contributed by atoms with van der Waals surface area (Å²) in [4.78, 5) is 8.66. The van der Waals surface area contributed by atoms with Gasteiger partial charge in [-0.05, 0) is 75.5 Å². The first-order chi connectivity index (χ1) is 15.2. The van der Waals surface area contributed by atoms with Gasteiger partial charge in [0.05, 0.1) is 11.4 Å². The Morgan fingerprint density at radius 1 is 1.06 bits per heavy atom. The Morgan fingerprint density at radius 2 is 1.84 bits per heavy atom. The second-order valence-corrected chi connectivity index (χ2v) is 10.4. The monoisotopic (exact) mass is 453 g/mol. The summed E-state index contributed by atoms with van der Waals surface area (Å²) in [7, 11) is 0. The molecule has 0 radical (unpaired) electrons. The van der Waals surface area contributed by atoms with E-state index < -0.39 is 0 Å². The zero-order chi connectivity index (χ0) is 21.6. The normalized spacial score (nSPS) is 16.6. The molecule has 31 heavy (non-hydrogen) atoms. The Bertz CT molecular complexity index is 892. The molecule has 0 aromatic heterocycles. The molecule has 2 heterocycles. The first-order valence-corrected chi connectivity index (χ1v) is 13.1. The highest BCUT2D eigenvalue weighted by atomic mass is 32.2. The lowest BCUT2D eigenvalue weighted by Crippen LogP contribution is -2.28. The van der Waals surface area contributed by atoms with Gasteiger partial charge >= 0.3 is 0 Å². The maximum Gasteiger partial charge on any atom is 0.106 e. The van der Waals surface area contributed by atoms with Gasteiger partial charge in [0.25, 0.3) is 0 Å². The molecule has 2 aromatic rings. The van der Waals surface area contributed by atoms with Crippen molar-refractivity contribution in [3.05, 3.63) is 48.0 Å². The van der Waals surface area contributed by atoms with Crippen molar-refractivity contribution in [3.63, 3.8) is 0 Å². The second kappa shape index (κ2) is 10.8. The SMILES string of the molecule is CC[C@@H](C)CCNC(=S)c1ccc2c(c1)N(CCCN1CCCC1)c1ccccc1S2. The lowest BCUT2D eigenvalue weighted by atomic mass is 10.1. The molecule has 0 aliphatic carbocycles. The number of rotatable bonds is 9. The third-order valence-electron chi connectivity index (χ3n) is 6.56. The zero-order valence-corrected chi connectivity index (χ0v) is 20.5. The van der Waals surface area contributed by atoms with Gasteiger partial charge in [-0.15, -0.1) is 0 Å². The summed E-state index contributed by atoms with van der Waals surface area (Å²) in [5, 5.41) is 3.48. The standard InChI is InChI=1S/C26H35N3S2/c1-3-20(2)13-14-27-26(30)21-11-12-25-23(19-21)29(18-8-17-28-15-6-7-16-28)22-9-4-5-10-24(22)31-25/h4-5,9-12,19-20H,3,6-8,13-18H2,1-2H3,(H,27,30)/t20-/m1/s1. The Morgan fingerprint density at radius 3 is 2.65 bits per heavy atom. The van der Waals surface area contributed by atoms with Crippen LogP contribution in [0.5, 0.6) is 0 Å². The average Bonchev–Trinajstić information content (AvgIpc) is 3.31. The fourth-order valence-electron chi connectivity index (χ4n) is 4.41. The third-order valence-corrected chi connectivity index (χ3v) is 8.07. The Kier molecular flexibility index (Phi) is 7.91. The summed E-state index contributed by atoms with van der Waals surface area (Å²) in [6, 6.07) is 15.5. The highest BCUT2D eigenvalue weighted by Crippen LogP contribution is 2.48. The summed E-state index contributed by atoms with van der Waals surface area (Å²) >= 11 is 7.62. The minimum Gasteiger partial charge on any atom is -0.376 e. The van der Waals surface area contributed by atoms with Gasteiger partial charge in [0.1, 0.15) is 4.99 Å². The first kappa shape index (κ1) is 22.6. The van der Waals surface area contributed by atoms with Crippen LogP contribution in [0, 0.1) is 5.92 Å². The van der Waals surface area contributed by atoms with Gasteiger partial charge in [-0.3, -0.25) is 0 Å². The Balaban J connectivity index is 1.50. The van der Waals surface area contributed by atoms with Crippen LogP contribution in [0.4, 0.5) is 11.4 Å². The molecule has 5 heteroatoms. The molecule has 1 saturated heterocycles. The molecule has 0 bridgehead atoms. The minimum absolute atomic E-state index is 0.734. The van der Waals surface area contributed by atoms with E-state index in [-0.39, 0.29) is 0 Å². The molecule has 3 nitrogen and oxygen atoms in total. The average molecular weight is 454 g/mol. The zero-order valence-electron chi connectivity index (χ0n) is 18.9. The fraction of sp³-hybridized carbons (Fsp3) is 0.500. The van der Waals surface area contributed by atoms with Crippen molar-refractivity contribution in [2.24, 2.45) is 5.92 Å². The van der Waals surface area contributed by atoms with Crippen LogP contribution in [0.25, 0.3) is 0 Å². The highest BCUT2D eigenvalue weighted by Gasteiger charge is 2.24. The molecular weight excluding hydrogens is 418 g/mol. The molecular formula is C26H35N3S2. The first-order valence-electron chi connectivity index (χ1n) is 11.8. The number of nitrogens with one attached hydrogen (secondary N) is 1. The van der Waals surface area contributed by atoms with Gasteiger partial charge in [0.15, 0.2) is 0 Å². The van der Waals surface area contributed by atoms with Gasteiger partial charge in [-0.25, -0.2) is 0 Å². The molecule has 0 saturated carbocycles. The van der Waals surface area contributed by atoms with E-state index in [1.807, 2.05) is 11.8 Å². The van der Waals surface area contributed by atoms with Crippen molar-refractivity contribution in [2.75, 3.05) is 37.6 Å². The molecule has 0 amide bonds. The van der Waals surface area contributed by atoms with E-state index in [9.17, 15) is 0 Å². The van der Waals surface area contributed by atoms with Crippen LogP contribution in [0.2, 0.25) is 0 Å². The van der Waals surface area contributed by atoms with Crippen LogP contribution in [-0.4, -0.2) is 42.6 Å². The van der Waals surface area contributed by atoms with Crippen LogP contribution in [0.1, 0.15) is 51.5 Å². The molecule has 1 atom stereocenters. The quantitative estimate of drug-likeness (QED) is 0.437. The number of para-hydroxylation sites is 1. The van der Waals surface area contributed by atoms with Crippen LogP contribution in [-0.2, 0) is 0 Å².